The Labute approximate surface area is 108 Å². The summed E-state index contributed by atoms with van der Waals surface area (Å²) in [6, 6.07) is 2.46. The number of hydrogen-bond acceptors (Lipinski definition) is 4. The number of rotatable bonds is 1. The normalized spacial score (nSPS) is 27.2. The van der Waals surface area contributed by atoms with Crippen molar-refractivity contribution < 1.29 is 0 Å². The van der Waals surface area contributed by atoms with Crippen LogP contribution in [-0.4, -0.2) is 24.6 Å². The standard InChI is InChI=1S/C14H22N4/c15-12-9-17-6-2-11(12)13-1-3-14(10-18-13)4-7-16-8-5-14/h2,6,9,13,16,18H,1,3-5,7-8,10,15H2/t13-/m1/s1. The van der Waals surface area contributed by atoms with E-state index in [-0.39, 0.29) is 0 Å². The van der Waals surface area contributed by atoms with Crippen molar-refractivity contribution >= 4 is 5.69 Å². The molecule has 1 atom stereocenters. The van der Waals surface area contributed by atoms with Crippen LogP contribution >= 0.6 is 0 Å². The lowest BCUT2D eigenvalue weighted by Crippen LogP contribution is -2.47. The van der Waals surface area contributed by atoms with Crippen LogP contribution in [0.1, 0.15) is 37.3 Å². The van der Waals surface area contributed by atoms with Crippen molar-refractivity contribution in [1.82, 2.24) is 15.6 Å². The third-order valence-corrected chi connectivity index (χ3v) is 4.61. The first-order valence-corrected chi connectivity index (χ1v) is 6.93. The fourth-order valence-corrected chi connectivity index (χ4v) is 3.36. The molecule has 3 heterocycles. The molecule has 1 aromatic rings. The van der Waals surface area contributed by atoms with Gasteiger partial charge in [-0.25, -0.2) is 0 Å². The summed E-state index contributed by atoms with van der Waals surface area (Å²) in [7, 11) is 0. The van der Waals surface area contributed by atoms with E-state index in [1.165, 1.54) is 44.3 Å². The van der Waals surface area contributed by atoms with E-state index in [2.05, 4.69) is 15.6 Å². The molecular weight excluding hydrogens is 224 g/mol. The molecule has 4 N–H and O–H groups in total. The molecule has 4 heteroatoms. The van der Waals surface area contributed by atoms with Gasteiger partial charge >= 0.3 is 0 Å². The van der Waals surface area contributed by atoms with E-state index in [0.29, 0.717) is 11.5 Å². The van der Waals surface area contributed by atoms with E-state index >= 15 is 0 Å². The molecule has 1 aromatic heterocycles. The van der Waals surface area contributed by atoms with Crippen LogP contribution in [0.4, 0.5) is 5.69 Å². The van der Waals surface area contributed by atoms with Gasteiger partial charge in [-0.3, -0.25) is 4.98 Å². The second kappa shape index (κ2) is 4.86. The Bertz CT molecular complexity index is 402. The summed E-state index contributed by atoms with van der Waals surface area (Å²) in [5, 5.41) is 7.15. The Morgan fingerprint density at radius 2 is 2.11 bits per heavy atom. The number of anilines is 1. The van der Waals surface area contributed by atoms with E-state index in [1.54, 1.807) is 6.20 Å². The molecule has 4 nitrogen and oxygen atoms in total. The molecule has 2 aliphatic heterocycles. The number of pyridine rings is 1. The summed E-state index contributed by atoms with van der Waals surface area (Å²) in [4.78, 5) is 4.06. The van der Waals surface area contributed by atoms with Crippen LogP contribution in [0.5, 0.6) is 0 Å². The van der Waals surface area contributed by atoms with Crippen LogP contribution in [-0.2, 0) is 0 Å². The summed E-state index contributed by atoms with van der Waals surface area (Å²) in [6.45, 7) is 3.47. The lowest BCUT2D eigenvalue weighted by Gasteiger charge is -2.44. The first-order valence-electron chi connectivity index (χ1n) is 6.93. The van der Waals surface area contributed by atoms with Gasteiger partial charge in [-0.1, -0.05) is 0 Å². The number of hydrogen-bond donors (Lipinski definition) is 3. The highest BCUT2D eigenvalue weighted by atomic mass is 15.0. The number of nitrogens with two attached hydrogens (primary N) is 1. The smallest absolute Gasteiger partial charge is 0.0549 e. The molecule has 0 radical (unpaired) electrons. The zero-order valence-corrected chi connectivity index (χ0v) is 10.8. The zero-order chi connectivity index (χ0) is 12.4. The first-order chi connectivity index (χ1) is 8.79. The van der Waals surface area contributed by atoms with Crippen LogP contribution in [0.25, 0.3) is 0 Å². The maximum Gasteiger partial charge on any atom is 0.0549 e. The highest BCUT2D eigenvalue weighted by molar-refractivity contribution is 5.45. The van der Waals surface area contributed by atoms with Crippen molar-refractivity contribution in [2.75, 3.05) is 25.4 Å². The van der Waals surface area contributed by atoms with Crippen molar-refractivity contribution in [3.05, 3.63) is 24.0 Å². The Morgan fingerprint density at radius 3 is 2.78 bits per heavy atom. The van der Waals surface area contributed by atoms with Gasteiger partial charge in [0.05, 0.1) is 11.9 Å². The van der Waals surface area contributed by atoms with Crippen molar-refractivity contribution in [2.45, 2.75) is 31.7 Å². The molecule has 0 amide bonds. The Morgan fingerprint density at radius 1 is 1.28 bits per heavy atom. The average molecular weight is 246 g/mol. The van der Waals surface area contributed by atoms with Crippen molar-refractivity contribution in [2.24, 2.45) is 5.41 Å². The Hall–Kier alpha value is -1.13. The Balaban J connectivity index is 1.68. The van der Waals surface area contributed by atoms with Gasteiger partial charge in [0.15, 0.2) is 0 Å². The van der Waals surface area contributed by atoms with Gasteiger partial charge in [0, 0.05) is 18.8 Å². The van der Waals surface area contributed by atoms with Gasteiger partial charge in [0.1, 0.15) is 0 Å². The number of nitrogen functional groups attached to an aromatic ring is 1. The Kier molecular flexibility index (Phi) is 3.22. The van der Waals surface area contributed by atoms with Crippen molar-refractivity contribution in [3.63, 3.8) is 0 Å². The molecule has 0 aliphatic carbocycles. The van der Waals surface area contributed by atoms with Gasteiger partial charge in [-0.05, 0) is 55.8 Å². The zero-order valence-electron chi connectivity index (χ0n) is 10.8. The summed E-state index contributed by atoms with van der Waals surface area (Å²) in [5.41, 5.74) is 8.57. The van der Waals surface area contributed by atoms with Crippen molar-refractivity contribution in [1.29, 1.82) is 0 Å². The average Bonchev–Trinajstić information content (AvgIpc) is 2.42. The van der Waals surface area contributed by atoms with E-state index < -0.39 is 0 Å². The SMILES string of the molecule is Nc1cnccc1[C@H]1CCC2(CCNCC2)CN1. The highest BCUT2D eigenvalue weighted by Crippen LogP contribution is 2.40. The lowest BCUT2D eigenvalue weighted by atomic mass is 9.71. The molecule has 0 unspecified atom stereocenters. The quantitative estimate of drug-likeness (QED) is 0.702. The largest absolute Gasteiger partial charge is 0.397 e. The van der Waals surface area contributed by atoms with Crippen molar-refractivity contribution in [3.8, 4) is 0 Å². The topological polar surface area (TPSA) is 63.0 Å². The second-order valence-electron chi connectivity index (χ2n) is 5.73. The molecule has 1 spiro atoms. The summed E-state index contributed by atoms with van der Waals surface area (Å²) in [6.07, 6.45) is 8.70. The second-order valence-corrected chi connectivity index (χ2v) is 5.73. The van der Waals surface area contributed by atoms with Crippen LogP contribution < -0.4 is 16.4 Å². The van der Waals surface area contributed by atoms with Crippen LogP contribution in [0.2, 0.25) is 0 Å². The van der Waals surface area contributed by atoms with Gasteiger partial charge in [0.25, 0.3) is 0 Å². The van der Waals surface area contributed by atoms with Gasteiger partial charge in [-0.2, -0.15) is 0 Å². The molecule has 2 fully saturated rings. The van der Waals surface area contributed by atoms with Crippen LogP contribution in [0.3, 0.4) is 0 Å². The highest BCUT2D eigenvalue weighted by Gasteiger charge is 2.36. The fourth-order valence-electron chi connectivity index (χ4n) is 3.36. The van der Waals surface area contributed by atoms with Crippen LogP contribution in [0.15, 0.2) is 18.5 Å². The van der Waals surface area contributed by atoms with E-state index in [4.69, 9.17) is 5.73 Å². The molecule has 0 bridgehead atoms. The minimum Gasteiger partial charge on any atom is -0.397 e. The third kappa shape index (κ3) is 2.22. The molecule has 0 aromatic carbocycles. The number of piperidine rings is 2. The molecular formula is C14H22N4. The third-order valence-electron chi connectivity index (χ3n) is 4.61. The molecule has 3 rings (SSSR count). The number of aromatic nitrogens is 1. The lowest BCUT2D eigenvalue weighted by molar-refractivity contribution is 0.128. The minimum absolute atomic E-state index is 0.411. The van der Waals surface area contributed by atoms with Gasteiger partial charge < -0.3 is 16.4 Å². The number of nitrogens with zero attached hydrogens (tertiary/aromatic N) is 1. The predicted molar refractivity (Wildman–Crippen MR) is 73.2 cm³/mol. The summed E-state index contributed by atoms with van der Waals surface area (Å²) in [5.74, 6) is 0. The molecule has 98 valence electrons. The first kappa shape index (κ1) is 11.9. The maximum absolute atomic E-state index is 6.01. The molecule has 18 heavy (non-hydrogen) atoms. The molecule has 0 saturated carbocycles. The number of nitrogens with one attached hydrogen (secondary N) is 2. The monoisotopic (exact) mass is 246 g/mol. The van der Waals surface area contributed by atoms with E-state index in [9.17, 15) is 0 Å². The van der Waals surface area contributed by atoms with Gasteiger partial charge in [-0.15, -0.1) is 0 Å². The maximum atomic E-state index is 6.01. The molecule has 2 aliphatic rings. The van der Waals surface area contributed by atoms with E-state index in [1.807, 2.05) is 12.3 Å². The summed E-state index contributed by atoms with van der Waals surface area (Å²) < 4.78 is 0. The fraction of sp³-hybridized carbons (Fsp3) is 0.643. The minimum atomic E-state index is 0.411. The predicted octanol–water partition coefficient (Wildman–Crippen LogP) is 1.46. The summed E-state index contributed by atoms with van der Waals surface area (Å²) >= 11 is 0. The van der Waals surface area contributed by atoms with Gasteiger partial charge in [0.2, 0.25) is 0 Å². The van der Waals surface area contributed by atoms with E-state index in [0.717, 1.165) is 12.2 Å². The van der Waals surface area contributed by atoms with Crippen LogP contribution in [0, 0.1) is 5.41 Å². The molecule has 2 saturated heterocycles.